The van der Waals surface area contributed by atoms with E-state index >= 15 is 0 Å². The SMILES string of the molecule is CNC(=O)c1ccc(CN2CCN[C@H](C)C2)cn1. The van der Waals surface area contributed by atoms with Gasteiger partial charge in [-0.3, -0.25) is 14.7 Å². The van der Waals surface area contributed by atoms with Crippen molar-refractivity contribution in [2.45, 2.75) is 19.5 Å². The van der Waals surface area contributed by atoms with Crippen LogP contribution in [0.5, 0.6) is 0 Å². The van der Waals surface area contributed by atoms with E-state index in [0.717, 1.165) is 31.7 Å². The summed E-state index contributed by atoms with van der Waals surface area (Å²) in [5.74, 6) is -0.141. The van der Waals surface area contributed by atoms with Crippen LogP contribution in [0.1, 0.15) is 23.0 Å². The van der Waals surface area contributed by atoms with Gasteiger partial charge in [-0.05, 0) is 18.6 Å². The standard InChI is InChI=1S/C13H20N4O/c1-10-8-17(6-5-15-10)9-11-3-4-12(16-7-11)13(18)14-2/h3-4,7,10,15H,5-6,8-9H2,1-2H3,(H,14,18)/t10-/m1/s1. The van der Waals surface area contributed by atoms with E-state index in [-0.39, 0.29) is 5.91 Å². The maximum Gasteiger partial charge on any atom is 0.269 e. The molecule has 0 unspecified atom stereocenters. The van der Waals surface area contributed by atoms with Gasteiger partial charge < -0.3 is 10.6 Å². The van der Waals surface area contributed by atoms with Gasteiger partial charge in [0.1, 0.15) is 5.69 Å². The minimum atomic E-state index is -0.141. The van der Waals surface area contributed by atoms with Crippen molar-refractivity contribution in [3.05, 3.63) is 29.6 Å². The number of amides is 1. The molecule has 1 atom stereocenters. The fraction of sp³-hybridized carbons (Fsp3) is 0.538. The Balaban J connectivity index is 1.95. The normalized spacial score (nSPS) is 20.7. The second kappa shape index (κ2) is 5.93. The van der Waals surface area contributed by atoms with E-state index in [1.54, 1.807) is 19.3 Å². The predicted molar refractivity (Wildman–Crippen MR) is 70.4 cm³/mol. The van der Waals surface area contributed by atoms with Crippen molar-refractivity contribution < 1.29 is 4.79 Å². The summed E-state index contributed by atoms with van der Waals surface area (Å²) in [4.78, 5) is 17.9. The second-order valence-corrected chi connectivity index (χ2v) is 4.72. The summed E-state index contributed by atoms with van der Waals surface area (Å²) in [5, 5.41) is 5.99. The minimum absolute atomic E-state index is 0.141. The molecule has 98 valence electrons. The van der Waals surface area contributed by atoms with Gasteiger partial charge in [0.2, 0.25) is 0 Å². The summed E-state index contributed by atoms with van der Waals surface area (Å²) in [6.07, 6.45) is 1.79. The van der Waals surface area contributed by atoms with Gasteiger partial charge in [-0.2, -0.15) is 0 Å². The first-order valence-corrected chi connectivity index (χ1v) is 6.32. The van der Waals surface area contributed by atoms with E-state index in [0.29, 0.717) is 11.7 Å². The molecule has 0 bridgehead atoms. The van der Waals surface area contributed by atoms with E-state index in [1.165, 1.54) is 0 Å². The van der Waals surface area contributed by atoms with Crippen LogP contribution in [-0.4, -0.2) is 48.5 Å². The molecule has 1 aromatic rings. The molecule has 5 nitrogen and oxygen atoms in total. The summed E-state index contributed by atoms with van der Waals surface area (Å²) in [5.41, 5.74) is 1.62. The summed E-state index contributed by atoms with van der Waals surface area (Å²) in [6, 6.07) is 4.29. The Morgan fingerprint density at radius 2 is 2.44 bits per heavy atom. The lowest BCUT2D eigenvalue weighted by Crippen LogP contribution is -2.48. The third-order valence-corrected chi connectivity index (χ3v) is 3.14. The quantitative estimate of drug-likeness (QED) is 0.804. The summed E-state index contributed by atoms with van der Waals surface area (Å²) < 4.78 is 0. The fourth-order valence-corrected chi connectivity index (χ4v) is 2.19. The van der Waals surface area contributed by atoms with Crippen LogP contribution >= 0.6 is 0 Å². The van der Waals surface area contributed by atoms with E-state index in [2.05, 4.69) is 27.4 Å². The maximum absolute atomic E-state index is 11.4. The number of carbonyl (C=O) groups is 1. The van der Waals surface area contributed by atoms with Crippen molar-refractivity contribution in [1.82, 2.24) is 20.5 Å². The molecular weight excluding hydrogens is 228 g/mol. The molecule has 1 aromatic heterocycles. The fourth-order valence-electron chi connectivity index (χ4n) is 2.19. The minimum Gasteiger partial charge on any atom is -0.354 e. The van der Waals surface area contributed by atoms with Gasteiger partial charge >= 0.3 is 0 Å². The van der Waals surface area contributed by atoms with Gasteiger partial charge in [0.25, 0.3) is 5.91 Å². The van der Waals surface area contributed by atoms with E-state index in [9.17, 15) is 4.79 Å². The van der Waals surface area contributed by atoms with Crippen LogP contribution in [0.4, 0.5) is 0 Å². The van der Waals surface area contributed by atoms with E-state index < -0.39 is 0 Å². The molecule has 1 fully saturated rings. The molecule has 1 amide bonds. The molecule has 0 spiro atoms. The maximum atomic E-state index is 11.4. The monoisotopic (exact) mass is 248 g/mol. The lowest BCUT2D eigenvalue weighted by atomic mass is 10.2. The number of hydrogen-bond acceptors (Lipinski definition) is 4. The van der Waals surface area contributed by atoms with Gasteiger partial charge in [0.15, 0.2) is 0 Å². The number of pyridine rings is 1. The van der Waals surface area contributed by atoms with E-state index in [1.807, 2.05) is 6.07 Å². The second-order valence-electron chi connectivity index (χ2n) is 4.72. The van der Waals surface area contributed by atoms with Crippen LogP contribution in [0, 0.1) is 0 Å². The number of nitrogens with zero attached hydrogens (tertiary/aromatic N) is 2. The molecule has 1 aliphatic rings. The number of nitrogens with one attached hydrogen (secondary N) is 2. The Kier molecular flexibility index (Phi) is 4.28. The highest BCUT2D eigenvalue weighted by Crippen LogP contribution is 2.07. The zero-order valence-electron chi connectivity index (χ0n) is 10.9. The first kappa shape index (κ1) is 13.0. The molecule has 0 radical (unpaired) electrons. The molecule has 5 heteroatoms. The Hall–Kier alpha value is -1.46. The van der Waals surface area contributed by atoms with Gasteiger partial charge in [0, 0.05) is 45.5 Å². The number of aromatic nitrogens is 1. The Bertz CT molecular complexity index is 404. The highest BCUT2D eigenvalue weighted by atomic mass is 16.1. The Morgan fingerprint density at radius 3 is 3.06 bits per heavy atom. The van der Waals surface area contributed by atoms with Crippen molar-refractivity contribution in [3.8, 4) is 0 Å². The third kappa shape index (κ3) is 3.27. The largest absolute Gasteiger partial charge is 0.354 e. The zero-order chi connectivity index (χ0) is 13.0. The molecule has 18 heavy (non-hydrogen) atoms. The molecule has 0 saturated carbocycles. The van der Waals surface area contributed by atoms with Crippen molar-refractivity contribution in [3.63, 3.8) is 0 Å². The van der Waals surface area contributed by atoms with Gasteiger partial charge in [-0.25, -0.2) is 0 Å². The summed E-state index contributed by atoms with van der Waals surface area (Å²) in [7, 11) is 1.61. The van der Waals surface area contributed by atoms with Gasteiger partial charge in [-0.15, -0.1) is 0 Å². The molecule has 0 aliphatic carbocycles. The van der Waals surface area contributed by atoms with E-state index in [4.69, 9.17) is 0 Å². The van der Waals surface area contributed by atoms with Crippen LogP contribution in [-0.2, 0) is 6.54 Å². The van der Waals surface area contributed by atoms with Crippen molar-refractivity contribution in [2.75, 3.05) is 26.7 Å². The van der Waals surface area contributed by atoms with Crippen molar-refractivity contribution in [1.29, 1.82) is 0 Å². The summed E-state index contributed by atoms with van der Waals surface area (Å²) >= 11 is 0. The predicted octanol–water partition coefficient (Wildman–Crippen LogP) is 0.235. The number of piperazine rings is 1. The highest BCUT2D eigenvalue weighted by molar-refractivity contribution is 5.91. The Labute approximate surface area is 108 Å². The zero-order valence-corrected chi connectivity index (χ0v) is 10.9. The lowest BCUT2D eigenvalue weighted by Gasteiger charge is -2.31. The van der Waals surface area contributed by atoms with Gasteiger partial charge in [-0.1, -0.05) is 6.07 Å². The third-order valence-electron chi connectivity index (χ3n) is 3.14. The van der Waals surface area contributed by atoms with Crippen LogP contribution < -0.4 is 10.6 Å². The molecular formula is C13H20N4O. The molecule has 2 N–H and O–H groups in total. The molecule has 1 saturated heterocycles. The smallest absolute Gasteiger partial charge is 0.269 e. The van der Waals surface area contributed by atoms with Crippen LogP contribution in [0.25, 0.3) is 0 Å². The average molecular weight is 248 g/mol. The van der Waals surface area contributed by atoms with Gasteiger partial charge in [0.05, 0.1) is 0 Å². The first-order valence-electron chi connectivity index (χ1n) is 6.32. The number of carbonyl (C=O) groups excluding carboxylic acids is 1. The molecule has 1 aliphatic heterocycles. The molecule has 2 rings (SSSR count). The first-order chi connectivity index (χ1) is 8.69. The Morgan fingerprint density at radius 1 is 1.61 bits per heavy atom. The van der Waals surface area contributed by atoms with Crippen LogP contribution in [0.15, 0.2) is 18.3 Å². The molecule has 2 heterocycles. The van der Waals surface area contributed by atoms with Crippen LogP contribution in [0.2, 0.25) is 0 Å². The average Bonchev–Trinajstić information content (AvgIpc) is 2.39. The van der Waals surface area contributed by atoms with Crippen LogP contribution in [0.3, 0.4) is 0 Å². The topological polar surface area (TPSA) is 57.3 Å². The number of rotatable bonds is 3. The lowest BCUT2D eigenvalue weighted by molar-refractivity contribution is 0.0958. The van der Waals surface area contributed by atoms with Crippen molar-refractivity contribution >= 4 is 5.91 Å². The highest BCUT2D eigenvalue weighted by Gasteiger charge is 2.15. The number of hydrogen-bond donors (Lipinski definition) is 2. The van der Waals surface area contributed by atoms with Crippen molar-refractivity contribution in [2.24, 2.45) is 0 Å². The molecule has 0 aromatic carbocycles. The summed E-state index contributed by atoms with van der Waals surface area (Å²) in [6.45, 7) is 6.23.